The van der Waals surface area contributed by atoms with Gasteiger partial charge in [-0.05, 0) is 26.7 Å². The van der Waals surface area contributed by atoms with Gasteiger partial charge in [0.15, 0.2) is 17.0 Å². The van der Waals surface area contributed by atoms with Crippen LogP contribution in [0.2, 0.25) is 0 Å². The standard InChI is InChI=1S/C21H26N8O2/c1-3-29-19(15-8-22-13(2)23-9-15)27-17-18(24-12-25-20(17)29)26-16-4-6-28(10-16)21(30)14-5-7-31-11-14/h8-9,12,14,16H,3-7,10-11H2,1-2H3,(H,24,25,26)/t14-,16+/m1/s1. The molecule has 31 heavy (non-hydrogen) atoms. The van der Waals surface area contributed by atoms with Gasteiger partial charge >= 0.3 is 0 Å². The number of amides is 1. The molecule has 162 valence electrons. The van der Waals surface area contributed by atoms with E-state index in [1.165, 1.54) is 0 Å². The van der Waals surface area contributed by atoms with E-state index in [0.29, 0.717) is 37.6 Å². The van der Waals surface area contributed by atoms with Crippen molar-refractivity contribution in [3.8, 4) is 11.4 Å². The molecule has 5 rings (SSSR count). The fourth-order valence-electron chi connectivity index (χ4n) is 4.33. The first-order chi connectivity index (χ1) is 15.1. The molecule has 5 heterocycles. The third-order valence-electron chi connectivity index (χ3n) is 6.01. The van der Waals surface area contributed by atoms with Gasteiger partial charge in [0.05, 0.1) is 18.1 Å². The van der Waals surface area contributed by atoms with Crippen LogP contribution in [0.4, 0.5) is 5.82 Å². The first kappa shape index (κ1) is 19.8. The van der Waals surface area contributed by atoms with Crippen molar-refractivity contribution in [3.63, 3.8) is 0 Å². The third-order valence-corrected chi connectivity index (χ3v) is 6.01. The smallest absolute Gasteiger partial charge is 0.228 e. The van der Waals surface area contributed by atoms with Crippen LogP contribution in [0.5, 0.6) is 0 Å². The van der Waals surface area contributed by atoms with Gasteiger partial charge in [-0.15, -0.1) is 0 Å². The zero-order chi connectivity index (χ0) is 21.4. The number of likely N-dealkylation sites (tertiary alicyclic amines) is 1. The number of ether oxygens (including phenoxy) is 1. The fraction of sp³-hybridized carbons (Fsp3) is 0.524. The van der Waals surface area contributed by atoms with Gasteiger partial charge in [0, 0.05) is 44.7 Å². The van der Waals surface area contributed by atoms with Gasteiger partial charge < -0.3 is 19.5 Å². The lowest BCUT2D eigenvalue weighted by molar-refractivity contribution is -0.134. The Labute approximate surface area is 180 Å². The number of carbonyl (C=O) groups excluding carboxylic acids is 1. The highest BCUT2D eigenvalue weighted by Gasteiger charge is 2.33. The van der Waals surface area contributed by atoms with E-state index in [4.69, 9.17) is 9.72 Å². The summed E-state index contributed by atoms with van der Waals surface area (Å²) in [5, 5.41) is 3.50. The molecule has 3 aromatic rings. The topological polar surface area (TPSA) is 111 Å². The maximum absolute atomic E-state index is 12.7. The monoisotopic (exact) mass is 422 g/mol. The number of carbonyl (C=O) groups is 1. The lowest BCUT2D eigenvalue weighted by atomic mass is 10.1. The van der Waals surface area contributed by atoms with Crippen LogP contribution in [0.3, 0.4) is 0 Å². The zero-order valence-electron chi connectivity index (χ0n) is 17.8. The normalized spacial score (nSPS) is 21.2. The van der Waals surface area contributed by atoms with Gasteiger partial charge in [0.1, 0.15) is 18.0 Å². The average Bonchev–Trinajstić information content (AvgIpc) is 3.54. The van der Waals surface area contributed by atoms with E-state index in [0.717, 1.165) is 42.2 Å². The maximum atomic E-state index is 12.7. The SMILES string of the molecule is CCn1c(-c2cnc(C)nc2)nc2c(N[C@H]3CCN(C(=O)[C@@H]4CCOC4)C3)ncnc21. The number of imidazole rings is 1. The Morgan fingerprint density at radius 2 is 2.06 bits per heavy atom. The molecule has 0 aliphatic carbocycles. The number of rotatable bonds is 5. The fourth-order valence-corrected chi connectivity index (χ4v) is 4.33. The Morgan fingerprint density at radius 1 is 1.23 bits per heavy atom. The molecule has 10 nitrogen and oxygen atoms in total. The Kier molecular flexibility index (Phi) is 5.23. The second kappa shape index (κ2) is 8.18. The number of nitrogens with one attached hydrogen (secondary N) is 1. The molecule has 1 amide bonds. The molecule has 3 aromatic heterocycles. The molecule has 2 saturated heterocycles. The summed E-state index contributed by atoms with van der Waals surface area (Å²) < 4.78 is 7.42. The van der Waals surface area contributed by atoms with Crippen molar-refractivity contribution in [2.24, 2.45) is 5.92 Å². The van der Waals surface area contributed by atoms with Crippen molar-refractivity contribution in [1.82, 2.24) is 34.4 Å². The Morgan fingerprint density at radius 3 is 2.81 bits per heavy atom. The van der Waals surface area contributed by atoms with Gasteiger partial charge in [-0.1, -0.05) is 0 Å². The van der Waals surface area contributed by atoms with Crippen LogP contribution in [0.15, 0.2) is 18.7 Å². The molecule has 0 radical (unpaired) electrons. The molecule has 2 aliphatic rings. The molecule has 0 unspecified atom stereocenters. The van der Waals surface area contributed by atoms with Crippen molar-refractivity contribution in [3.05, 3.63) is 24.5 Å². The molecular weight excluding hydrogens is 396 g/mol. The van der Waals surface area contributed by atoms with E-state index < -0.39 is 0 Å². The number of anilines is 1. The van der Waals surface area contributed by atoms with Crippen molar-refractivity contribution in [2.75, 3.05) is 31.6 Å². The van der Waals surface area contributed by atoms with Gasteiger partial charge in [-0.25, -0.2) is 24.9 Å². The van der Waals surface area contributed by atoms with Gasteiger partial charge in [-0.3, -0.25) is 4.79 Å². The summed E-state index contributed by atoms with van der Waals surface area (Å²) in [4.78, 5) is 37.0. The largest absolute Gasteiger partial charge is 0.381 e. The minimum Gasteiger partial charge on any atom is -0.381 e. The summed E-state index contributed by atoms with van der Waals surface area (Å²) in [6.07, 6.45) is 6.81. The summed E-state index contributed by atoms with van der Waals surface area (Å²) in [5.74, 6) is 2.38. The van der Waals surface area contributed by atoms with Gasteiger partial charge in [0.25, 0.3) is 0 Å². The van der Waals surface area contributed by atoms with Crippen LogP contribution < -0.4 is 5.32 Å². The summed E-state index contributed by atoms with van der Waals surface area (Å²) in [7, 11) is 0. The van der Waals surface area contributed by atoms with E-state index in [1.54, 1.807) is 18.7 Å². The number of nitrogens with zero attached hydrogens (tertiary/aromatic N) is 7. The van der Waals surface area contributed by atoms with Crippen LogP contribution in [0.1, 0.15) is 25.6 Å². The van der Waals surface area contributed by atoms with Gasteiger partial charge in [0.2, 0.25) is 5.91 Å². The van der Waals surface area contributed by atoms with E-state index in [9.17, 15) is 4.79 Å². The third kappa shape index (κ3) is 3.71. The van der Waals surface area contributed by atoms with Gasteiger partial charge in [-0.2, -0.15) is 0 Å². The number of aromatic nitrogens is 6. The second-order valence-corrected chi connectivity index (χ2v) is 8.07. The van der Waals surface area contributed by atoms with Crippen LogP contribution in [-0.4, -0.2) is 72.6 Å². The van der Waals surface area contributed by atoms with E-state index in [2.05, 4.69) is 32.2 Å². The molecule has 0 saturated carbocycles. The molecule has 2 aliphatic heterocycles. The van der Waals surface area contributed by atoms with E-state index in [1.807, 2.05) is 16.4 Å². The highest BCUT2D eigenvalue weighted by atomic mass is 16.5. The summed E-state index contributed by atoms with van der Waals surface area (Å²) in [6, 6.07) is 0.127. The first-order valence-electron chi connectivity index (χ1n) is 10.8. The van der Waals surface area contributed by atoms with Crippen LogP contribution >= 0.6 is 0 Å². The van der Waals surface area contributed by atoms with Crippen LogP contribution in [0.25, 0.3) is 22.6 Å². The second-order valence-electron chi connectivity index (χ2n) is 8.07. The van der Waals surface area contributed by atoms with Crippen molar-refractivity contribution in [2.45, 2.75) is 39.3 Å². The first-order valence-corrected chi connectivity index (χ1v) is 10.8. The Hall–Kier alpha value is -3.14. The number of fused-ring (bicyclic) bond motifs is 1. The molecule has 1 N–H and O–H groups in total. The predicted molar refractivity (Wildman–Crippen MR) is 114 cm³/mol. The molecular formula is C21H26N8O2. The van der Waals surface area contributed by atoms with Crippen LogP contribution in [0, 0.1) is 12.8 Å². The lowest BCUT2D eigenvalue weighted by Crippen LogP contribution is -2.36. The Balaban J connectivity index is 1.39. The van der Waals surface area contributed by atoms with Crippen molar-refractivity contribution < 1.29 is 9.53 Å². The highest BCUT2D eigenvalue weighted by molar-refractivity contribution is 5.86. The highest BCUT2D eigenvalue weighted by Crippen LogP contribution is 2.28. The summed E-state index contributed by atoms with van der Waals surface area (Å²) in [5.41, 5.74) is 2.33. The Bertz CT molecular complexity index is 1090. The number of hydrogen-bond donors (Lipinski definition) is 1. The van der Waals surface area contributed by atoms with Crippen molar-refractivity contribution in [1.29, 1.82) is 0 Å². The minimum atomic E-state index is 0.00375. The predicted octanol–water partition coefficient (Wildman–Crippen LogP) is 1.66. The number of hydrogen-bond acceptors (Lipinski definition) is 8. The molecule has 0 bridgehead atoms. The molecule has 2 fully saturated rings. The molecule has 2 atom stereocenters. The average molecular weight is 422 g/mol. The quantitative estimate of drug-likeness (QED) is 0.661. The summed E-state index contributed by atoms with van der Waals surface area (Å²) in [6.45, 7) is 7.26. The number of aryl methyl sites for hydroxylation is 2. The summed E-state index contributed by atoms with van der Waals surface area (Å²) >= 11 is 0. The van der Waals surface area contributed by atoms with Crippen molar-refractivity contribution >= 4 is 22.9 Å². The zero-order valence-corrected chi connectivity index (χ0v) is 17.8. The van der Waals surface area contributed by atoms with E-state index >= 15 is 0 Å². The maximum Gasteiger partial charge on any atom is 0.228 e. The molecule has 0 aromatic carbocycles. The lowest BCUT2D eigenvalue weighted by Gasteiger charge is -2.20. The van der Waals surface area contributed by atoms with Crippen LogP contribution in [-0.2, 0) is 16.1 Å². The molecule has 0 spiro atoms. The van der Waals surface area contributed by atoms with E-state index in [-0.39, 0.29) is 17.9 Å². The molecule has 10 heteroatoms. The minimum absolute atomic E-state index is 0.00375.